The first-order valence-corrected chi connectivity index (χ1v) is 10.0. The highest BCUT2D eigenvalue weighted by Crippen LogP contribution is 2.63. The molecule has 1 aromatic carbocycles. The van der Waals surface area contributed by atoms with E-state index in [-0.39, 0.29) is 5.69 Å². The van der Waals surface area contributed by atoms with Gasteiger partial charge in [-0.3, -0.25) is 23.8 Å². The van der Waals surface area contributed by atoms with Gasteiger partial charge >= 0.3 is 7.67 Å². The average Bonchev–Trinajstić information content (AvgIpc) is 3.51. The molecule has 2 aromatic rings. The van der Waals surface area contributed by atoms with Gasteiger partial charge in [0, 0.05) is 44.6 Å². The van der Waals surface area contributed by atoms with Crippen LogP contribution in [0, 0.1) is 17.0 Å². The summed E-state index contributed by atoms with van der Waals surface area (Å²) < 4.78 is 24.5. The van der Waals surface area contributed by atoms with Crippen molar-refractivity contribution in [2.75, 3.05) is 26.2 Å². The van der Waals surface area contributed by atoms with Gasteiger partial charge in [0.2, 0.25) is 0 Å². The van der Waals surface area contributed by atoms with E-state index in [4.69, 9.17) is 4.52 Å². The number of nitrogens with zero attached hydrogens (tertiary/aromatic N) is 5. The molecule has 0 saturated carbocycles. The summed E-state index contributed by atoms with van der Waals surface area (Å²) in [5, 5.41) is 11.4. The monoisotopic (exact) mass is 377 g/mol. The van der Waals surface area contributed by atoms with Crippen LogP contribution in [-0.2, 0) is 9.09 Å². The largest absolute Gasteiger partial charge is 0.346 e. The molecule has 2 saturated heterocycles. The molecule has 1 unspecified atom stereocenters. The van der Waals surface area contributed by atoms with Crippen LogP contribution in [0.15, 0.2) is 30.6 Å². The first-order valence-electron chi connectivity index (χ1n) is 8.48. The van der Waals surface area contributed by atoms with Crippen molar-refractivity contribution in [2.24, 2.45) is 0 Å². The third kappa shape index (κ3) is 3.07. The summed E-state index contributed by atoms with van der Waals surface area (Å²) >= 11 is 0. The van der Waals surface area contributed by atoms with Crippen LogP contribution in [-0.4, -0.2) is 50.0 Å². The maximum absolute atomic E-state index is 13.2. The number of hydrogen-bond donors (Lipinski definition) is 0. The fraction of sp³-hybridized carbons (Fsp3) is 0.438. The Morgan fingerprint density at radius 2 is 1.92 bits per heavy atom. The lowest BCUT2D eigenvalue weighted by atomic mass is 10.1. The van der Waals surface area contributed by atoms with Crippen molar-refractivity contribution >= 4 is 13.4 Å². The van der Waals surface area contributed by atoms with Gasteiger partial charge in [-0.05, 0) is 31.5 Å². The lowest BCUT2D eigenvalue weighted by Crippen LogP contribution is -2.11. The molecule has 2 fully saturated rings. The second-order valence-electron chi connectivity index (χ2n) is 6.50. The highest BCUT2D eigenvalue weighted by Gasteiger charge is 2.50. The van der Waals surface area contributed by atoms with Crippen LogP contribution in [0.1, 0.15) is 24.4 Å². The molecule has 0 bridgehead atoms. The second-order valence-corrected chi connectivity index (χ2v) is 8.82. The lowest BCUT2D eigenvalue weighted by molar-refractivity contribution is -0.384. The summed E-state index contributed by atoms with van der Waals surface area (Å²) in [5.74, 6) is 0.651. The van der Waals surface area contributed by atoms with Gasteiger partial charge in [0.05, 0.1) is 11.0 Å². The summed E-state index contributed by atoms with van der Waals surface area (Å²) in [5.41, 5.74) is 1.15. The zero-order valence-corrected chi connectivity index (χ0v) is 15.5. The Kier molecular flexibility index (Phi) is 4.19. The summed E-state index contributed by atoms with van der Waals surface area (Å²) in [6.07, 6.45) is 2.83. The summed E-state index contributed by atoms with van der Waals surface area (Å²) in [7, 11) is -2.96. The number of rotatable bonds is 7. The molecular weight excluding hydrogens is 357 g/mol. The van der Waals surface area contributed by atoms with Gasteiger partial charge in [0.15, 0.2) is 0 Å². The van der Waals surface area contributed by atoms with Gasteiger partial charge in [-0.25, -0.2) is 14.3 Å². The molecule has 0 N–H and O–H groups in total. The van der Waals surface area contributed by atoms with Crippen LogP contribution < -0.4 is 0 Å². The van der Waals surface area contributed by atoms with Gasteiger partial charge in [-0.1, -0.05) is 0 Å². The van der Waals surface area contributed by atoms with Crippen molar-refractivity contribution in [1.29, 1.82) is 0 Å². The van der Waals surface area contributed by atoms with E-state index in [1.54, 1.807) is 36.0 Å². The minimum Gasteiger partial charge on any atom is -0.298 e. The number of aryl methyl sites for hydroxylation is 1. The van der Waals surface area contributed by atoms with Crippen LogP contribution in [0.3, 0.4) is 0 Å². The van der Waals surface area contributed by atoms with Crippen molar-refractivity contribution in [2.45, 2.75) is 20.0 Å². The Hall–Kier alpha value is -2.06. The molecule has 0 radical (unpaired) electrons. The van der Waals surface area contributed by atoms with Gasteiger partial charge in [-0.15, -0.1) is 0 Å². The van der Waals surface area contributed by atoms with Crippen molar-refractivity contribution in [3.05, 3.63) is 52.1 Å². The lowest BCUT2D eigenvalue weighted by Gasteiger charge is -2.24. The topological polar surface area (TPSA) is 93.3 Å². The van der Waals surface area contributed by atoms with Crippen LogP contribution in [0.25, 0.3) is 5.69 Å². The zero-order valence-electron chi connectivity index (χ0n) is 14.6. The molecule has 1 atom stereocenters. The molecule has 2 aliphatic heterocycles. The van der Waals surface area contributed by atoms with Crippen LogP contribution in [0.5, 0.6) is 0 Å². The van der Waals surface area contributed by atoms with Crippen molar-refractivity contribution in [3.63, 3.8) is 0 Å². The Labute approximate surface area is 150 Å². The zero-order chi connectivity index (χ0) is 18.5. The van der Waals surface area contributed by atoms with E-state index < -0.39 is 18.7 Å². The quantitative estimate of drug-likeness (QED) is 0.317. The number of aromatic nitrogens is 2. The van der Waals surface area contributed by atoms with E-state index in [9.17, 15) is 14.7 Å². The van der Waals surface area contributed by atoms with Gasteiger partial charge in [0.1, 0.15) is 11.5 Å². The predicted octanol–water partition coefficient (Wildman–Crippen LogP) is 2.91. The normalized spacial score (nSPS) is 18.7. The molecule has 26 heavy (non-hydrogen) atoms. The molecule has 9 nitrogen and oxygen atoms in total. The van der Waals surface area contributed by atoms with Gasteiger partial charge in [0.25, 0.3) is 5.69 Å². The van der Waals surface area contributed by atoms with Crippen molar-refractivity contribution in [3.8, 4) is 5.69 Å². The average molecular weight is 377 g/mol. The summed E-state index contributed by atoms with van der Waals surface area (Å²) in [6.45, 7) is 6.72. The van der Waals surface area contributed by atoms with E-state index in [0.717, 1.165) is 31.7 Å². The second kappa shape index (κ2) is 6.28. The highest BCUT2D eigenvalue weighted by atomic mass is 31.2. The maximum Gasteiger partial charge on any atom is 0.346 e. The molecule has 1 aromatic heterocycles. The first-order chi connectivity index (χ1) is 12.4. The Morgan fingerprint density at radius 3 is 2.42 bits per heavy atom. The summed E-state index contributed by atoms with van der Waals surface area (Å²) in [6, 6.07) is 4.84. The third-order valence-electron chi connectivity index (χ3n) is 4.61. The molecule has 3 heterocycles. The minimum absolute atomic E-state index is 0.0119. The van der Waals surface area contributed by atoms with Crippen LogP contribution in [0.2, 0.25) is 0 Å². The van der Waals surface area contributed by atoms with E-state index in [1.165, 1.54) is 6.07 Å². The molecule has 0 amide bonds. The standard InChI is InChI=1S/C16H20N5O4P/c1-12(25-26(24,18-7-8-18)19-9-10-19)14-3-4-15(21(22)23)16(11-14)20-6-5-17-13(20)2/h3-6,11-12H,7-10H2,1-2H3. The maximum atomic E-state index is 13.2. The number of hydrogen-bond acceptors (Lipinski definition) is 5. The summed E-state index contributed by atoms with van der Waals surface area (Å²) in [4.78, 5) is 15.1. The Morgan fingerprint density at radius 1 is 1.27 bits per heavy atom. The van der Waals surface area contributed by atoms with Crippen LogP contribution >= 0.6 is 7.67 Å². The number of nitro groups is 1. The van der Waals surface area contributed by atoms with E-state index in [2.05, 4.69) is 4.98 Å². The fourth-order valence-electron chi connectivity index (χ4n) is 2.95. The Bertz CT molecular complexity index is 890. The van der Waals surface area contributed by atoms with E-state index in [0.29, 0.717) is 11.5 Å². The molecule has 0 aliphatic carbocycles. The molecular formula is C16H20N5O4P. The minimum atomic E-state index is -2.96. The molecule has 138 valence electrons. The number of benzene rings is 1. The molecule has 0 spiro atoms. The molecule has 2 aliphatic rings. The SMILES string of the molecule is Cc1nccn1-c1cc(C(C)OP(=O)(N2CC2)N2CC2)ccc1[N+](=O)[O-]. The van der Waals surface area contributed by atoms with Crippen molar-refractivity contribution < 1.29 is 14.0 Å². The Balaban J connectivity index is 1.67. The molecule has 4 rings (SSSR count). The first kappa shape index (κ1) is 17.4. The molecule has 10 heteroatoms. The van der Waals surface area contributed by atoms with Gasteiger partial charge in [-0.2, -0.15) is 0 Å². The third-order valence-corrected chi connectivity index (χ3v) is 7.43. The van der Waals surface area contributed by atoms with Crippen LogP contribution in [0.4, 0.5) is 5.69 Å². The van der Waals surface area contributed by atoms with Gasteiger partial charge < -0.3 is 0 Å². The number of imidazole rings is 1. The smallest absolute Gasteiger partial charge is 0.298 e. The van der Waals surface area contributed by atoms with Crippen molar-refractivity contribution in [1.82, 2.24) is 18.9 Å². The fourth-order valence-corrected chi connectivity index (χ4v) is 5.30. The van der Waals surface area contributed by atoms with E-state index in [1.807, 2.05) is 16.3 Å². The highest BCUT2D eigenvalue weighted by molar-refractivity contribution is 7.54. The van der Waals surface area contributed by atoms with E-state index >= 15 is 0 Å². The number of nitro benzene ring substituents is 1. The predicted molar refractivity (Wildman–Crippen MR) is 95.2 cm³/mol.